The molecule has 0 aliphatic carbocycles. The molecule has 0 bridgehead atoms. The largest absolute Gasteiger partial charge is 0.472 e. The van der Waals surface area contributed by atoms with Crippen molar-refractivity contribution < 1.29 is 80.2 Å². The van der Waals surface area contributed by atoms with Crippen LogP contribution in [-0.4, -0.2) is 96.7 Å². The van der Waals surface area contributed by atoms with Gasteiger partial charge < -0.3 is 33.8 Å². The summed E-state index contributed by atoms with van der Waals surface area (Å²) in [5, 5.41) is 10.6. The quantitative estimate of drug-likeness (QED) is 0.0169. The van der Waals surface area contributed by atoms with E-state index in [2.05, 4.69) is 58.9 Å². The summed E-state index contributed by atoms with van der Waals surface area (Å²) < 4.78 is 68.5. The lowest BCUT2D eigenvalue weighted by Gasteiger charge is -2.21. The number of phosphoric acid groups is 2. The first-order valence-corrected chi connectivity index (χ1v) is 42.9. The highest BCUT2D eigenvalue weighted by Gasteiger charge is 2.30. The maximum Gasteiger partial charge on any atom is 0.472 e. The number of unbranched alkanes of at least 4 members (excludes halogenated alkanes) is 45. The maximum absolute atomic E-state index is 13.1. The van der Waals surface area contributed by atoms with E-state index in [0.717, 1.165) is 121 Å². The van der Waals surface area contributed by atoms with E-state index < -0.39 is 97.5 Å². The molecule has 0 aromatic heterocycles. The number of esters is 4. The molecule has 0 fully saturated rings. The first-order chi connectivity index (χ1) is 47.0. The van der Waals surface area contributed by atoms with Gasteiger partial charge in [0, 0.05) is 25.7 Å². The maximum atomic E-state index is 13.1. The van der Waals surface area contributed by atoms with Crippen LogP contribution in [0.1, 0.15) is 388 Å². The molecule has 572 valence electrons. The Morgan fingerprint density at radius 1 is 0.320 bits per heavy atom. The standard InChI is InChI=1S/C78H148O17P2/c1-6-9-12-15-18-21-23-25-27-28-29-30-31-33-35-39-43-48-53-58-63-77(82)95-74(68-89-76(81)62-57-52-47-42-38-34-32-26-24-22-19-16-13-10-7-2)70-93-97(86,87)91-66-72(79)65-90-96(84,85)92-69-73(67-88-75(80)61-56-51-46-20-17-14-11-8-3)94-78(83)64-59-54-49-44-40-36-37-41-45-50-55-60-71(4)5/h22,24,26,32,71-74,79H,6-21,23,25,27-31,33-70H2,1-5H3,(H,84,85)(H,86,87)/b24-22-,32-26-/t72-,73+,74+/m0/s1. The van der Waals surface area contributed by atoms with E-state index in [4.69, 9.17) is 37.0 Å². The Bertz CT molecular complexity index is 1950. The molecule has 17 nitrogen and oxygen atoms in total. The Kier molecular flexibility index (Phi) is 68.8. The lowest BCUT2D eigenvalue weighted by atomic mass is 10.0. The van der Waals surface area contributed by atoms with Crippen LogP contribution in [0.15, 0.2) is 24.3 Å². The van der Waals surface area contributed by atoms with Gasteiger partial charge >= 0.3 is 39.5 Å². The molecule has 0 radical (unpaired) electrons. The summed E-state index contributed by atoms with van der Waals surface area (Å²) >= 11 is 0. The number of hydrogen-bond acceptors (Lipinski definition) is 15. The molecular formula is C78H148O17P2. The first-order valence-electron chi connectivity index (χ1n) is 40.0. The van der Waals surface area contributed by atoms with E-state index >= 15 is 0 Å². The number of allylic oxidation sites excluding steroid dienone is 4. The molecule has 0 aliphatic heterocycles. The van der Waals surface area contributed by atoms with Gasteiger partial charge in [-0.1, -0.05) is 335 Å². The summed E-state index contributed by atoms with van der Waals surface area (Å²) in [4.78, 5) is 72.8. The minimum absolute atomic E-state index is 0.102. The minimum Gasteiger partial charge on any atom is -0.462 e. The van der Waals surface area contributed by atoms with Gasteiger partial charge in [-0.3, -0.25) is 37.3 Å². The van der Waals surface area contributed by atoms with E-state index in [1.54, 1.807) is 0 Å². The predicted molar refractivity (Wildman–Crippen MR) is 395 cm³/mol. The van der Waals surface area contributed by atoms with Gasteiger partial charge in [0.15, 0.2) is 12.2 Å². The zero-order chi connectivity index (χ0) is 71.2. The molecule has 19 heteroatoms. The molecule has 0 saturated heterocycles. The highest BCUT2D eigenvalue weighted by molar-refractivity contribution is 7.47. The third-order valence-corrected chi connectivity index (χ3v) is 19.6. The Morgan fingerprint density at radius 3 is 0.845 bits per heavy atom. The SMILES string of the molecule is CCCCCC/C=C\C=C/CCCCCCCC(=O)OC[C@H](COP(=O)(O)OC[C@@H](O)COP(=O)(O)OC[C@@H](COC(=O)CCCCCCCCCC)OC(=O)CCCCCCCCCCCCCC(C)C)OC(=O)CCCCCCCCCCCCCCCCCCCCCC. The second kappa shape index (κ2) is 70.6. The number of aliphatic hydroxyl groups excluding tert-OH is 1. The Balaban J connectivity index is 5.23. The Hall–Kier alpha value is -2.46. The van der Waals surface area contributed by atoms with Crippen LogP contribution < -0.4 is 0 Å². The second-order valence-electron chi connectivity index (χ2n) is 27.9. The lowest BCUT2D eigenvalue weighted by molar-refractivity contribution is -0.161. The summed E-state index contributed by atoms with van der Waals surface area (Å²) in [6, 6.07) is 0. The van der Waals surface area contributed by atoms with E-state index in [0.29, 0.717) is 25.7 Å². The zero-order valence-electron chi connectivity index (χ0n) is 62.7. The normalized spacial score (nSPS) is 14.1. The minimum atomic E-state index is -4.97. The molecule has 5 atom stereocenters. The molecule has 0 rings (SSSR count). The van der Waals surface area contributed by atoms with Crippen LogP contribution in [0.25, 0.3) is 0 Å². The molecule has 2 unspecified atom stereocenters. The molecule has 0 aliphatic rings. The summed E-state index contributed by atoms with van der Waals surface area (Å²) in [5.41, 5.74) is 0. The van der Waals surface area contributed by atoms with Gasteiger partial charge in [-0.2, -0.15) is 0 Å². The first kappa shape index (κ1) is 94.5. The number of phosphoric ester groups is 2. The molecule has 0 amide bonds. The van der Waals surface area contributed by atoms with Crippen LogP contribution in [0.4, 0.5) is 0 Å². The van der Waals surface area contributed by atoms with Gasteiger partial charge in [0.25, 0.3) is 0 Å². The molecule has 0 aromatic rings. The van der Waals surface area contributed by atoms with Gasteiger partial charge in [0.05, 0.1) is 26.4 Å². The van der Waals surface area contributed by atoms with Gasteiger partial charge in [0.1, 0.15) is 19.3 Å². The Labute approximate surface area is 592 Å². The van der Waals surface area contributed by atoms with Crippen molar-refractivity contribution in [1.29, 1.82) is 0 Å². The van der Waals surface area contributed by atoms with Gasteiger partial charge in [-0.05, 0) is 57.3 Å². The molecule has 0 aromatic carbocycles. The highest BCUT2D eigenvalue weighted by Crippen LogP contribution is 2.45. The number of ether oxygens (including phenoxy) is 4. The molecule has 3 N–H and O–H groups in total. The fourth-order valence-corrected chi connectivity index (χ4v) is 13.1. The van der Waals surface area contributed by atoms with Crippen molar-refractivity contribution in [2.75, 3.05) is 39.6 Å². The molecule has 0 saturated carbocycles. The number of carbonyl (C=O) groups excluding carboxylic acids is 4. The smallest absolute Gasteiger partial charge is 0.462 e. The van der Waals surface area contributed by atoms with Crippen LogP contribution in [0, 0.1) is 5.92 Å². The number of hydrogen-bond donors (Lipinski definition) is 3. The summed E-state index contributed by atoms with van der Waals surface area (Å²) in [7, 11) is -9.92. The predicted octanol–water partition coefficient (Wildman–Crippen LogP) is 22.8. The lowest BCUT2D eigenvalue weighted by Crippen LogP contribution is -2.30. The average Bonchev–Trinajstić information content (AvgIpc) is 1.34. The van der Waals surface area contributed by atoms with E-state index in [1.807, 2.05) is 0 Å². The van der Waals surface area contributed by atoms with Crippen molar-refractivity contribution >= 4 is 39.5 Å². The fraction of sp³-hybridized carbons (Fsp3) is 0.897. The van der Waals surface area contributed by atoms with Crippen LogP contribution in [0.3, 0.4) is 0 Å². The van der Waals surface area contributed by atoms with Crippen LogP contribution >= 0.6 is 15.6 Å². The fourth-order valence-electron chi connectivity index (χ4n) is 11.5. The van der Waals surface area contributed by atoms with Crippen LogP contribution in [0.5, 0.6) is 0 Å². The zero-order valence-corrected chi connectivity index (χ0v) is 64.5. The number of rotatable bonds is 76. The van der Waals surface area contributed by atoms with E-state index in [-0.39, 0.29) is 25.7 Å². The average molecular weight is 1420 g/mol. The van der Waals surface area contributed by atoms with E-state index in [9.17, 15) is 43.2 Å². The summed E-state index contributed by atoms with van der Waals surface area (Å²) in [5.74, 6) is -1.38. The molecule has 0 spiro atoms. The van der Waals surface area contributed by atoms with Gasteiger partial charge in [0.2, 0.25) is 0 Å². The molecular weight excluding hydrogens is 1270 g/mol. The van der Waals surface area contributed by atoms with Gasteiger partial charge in [-0.25, -0.2) is 9.13 Å². The second-order valence-corrected chi connectivity index (χ2v) is 30.8. The molecule has 97 heavy (non-hydrogen) atoms. The summed E-state index contributed by atoms with van der Waals surface area (Å²) in [6.45, 7) is 7.21. The van der Waals surface area contributed by atoms with Crippen molar-refractivity contribution in [1.82, 2.24) is 0 Å². The third kappa shape index (κ3) is 71.7. The topological polar surface area (TPSA) is 237 Å². The van der Waals surface area contributed by atoms with Crippen molar-refractivity contribution in [2.45, 2.75) is 406 Å². The molecule has 0 heterocycles. The van der Waals surface area contributed by atoms with Crippen molar-refractivity contribution in [3.05, 3.63) is 24.3 Å². The highest BCUT2D eigenvalue weighted by atomic mass is 31.2. The summed E-state index contributed by atoms with van der Waals surface area (Å²) in [6.07, 6.45) is 63.3. The van der Waals surface area contributed by atoms with Crippen molar-refractivity contribution in [3.63, 3.8) is 0 Å². The van der Waals surface area contributed by atoms with Crippen LogP contribution in [0.2, 0.25) is 0 Å². The van der Waals surface area contributed by atoms with E-state index in [1.165, 1.54) is 186 Å². The number of aliphatic hydroxyl groups is 1. The monoisotopic (exact) mass is 1420 g/mol. The van der Waals surface area contributed by atoms with Gasteiger partial charge in [-0.15, -0.1) is 0 Å². The van der Waals surface area contributed by atoms with Crippen molar-refractivity contribution in [2.24, 2.45) is 5.92 Å². The van der Waals surface area contributed by atoms with Crippen LogP contribution in [-0.2, 0) is 65.4 Å². The van der Waals surface area contributed by atoms with Crippen molar-refractivity contribution in [3.8, 4) is 0 Å². The number of carbonyl (C=O) groups is 4. The Morgan fingerprint density at radius 2 is 0.557 bits per heavy atom. The third-order valence-electron chi connectivity index (χ3n) is 17.7.